The van der Waals surface area contributed by atoms with E-state index in [2.05, 4.69) is 22.5 Å². The number of thiophene rings is 1. The van der Waals surface area contributed by atoms with Gasteiger partial charge in [-0.1, -0.05) is 28.1 Å². The number of halogens is 2. The van der Waals surface area contributed by atoms with Crippen molar-refractivity contribution in [2.45, 2.75) is 31.4 Å². The van der Waals surface area contributed by atoms with Gasteiger partial charge < -0.3 is 28.7 Å². The van der Waals surface area contributed by atoms with Gasteiger partial charge in [0.05, 0.1) is 23.5 Å². The van der Waals surface area contributed by atoms with Crippen molar-refractivity contribution in [3.8, 4) is 5.69 Å². The maximum absolute atomic E-state index is 13.5. The number of ether oxygens (including phenoxy) is 1. The number of pyridine rings is 1. The van der Waals surface area contributed by atoms with Crippen LogP contribution in [-0.2, 0) is 16.0 Å². The maximum atomic E-state index is 13.5. The number of thioether (sulfide) groups is 1. The van der Waals surface area contributed by atoms with Crippen LogP contribution < -0.4 is 28.5 Å². The van der Waals surface area contributed by atoms with Crippen LogP contribution in [0.5, 0.6) is 0 Å². The number of ketones is 1. The van der Waals surface area contributed by atoms with Crippen molar-refractivity contribution in [1.29, 1.82) is 0 Å². The molecule has 0 amide bonds. The van der Waals surface area contributed by atoms with Crippen molar-refractivity contribution < 1.29 is 42.9 Å². The molecule has 3 aromatic rings. The van der Waals surface area contributed by atoms with Gasteiger partial charge in [0, 0.05) is 27.9 Å². The van der Waals surface area contributed by atoms with Crippen LogP contribution >= 0.6 is 39.0 Å². The second-order valence-corrected chi connectivity index (χ2v) is 10.6. The van der Waals surface area contributed by atoms with Gasteiger partial charge in [-0.2, -0.15) is 4.57 Å². The molecule has 0 N–H and O–H groups in total. The van der Waals surface area contributed by atoms with E-state index in [1.807, 2.05) is 55.1 Å². The molecule has 2 heterocycles. The smallest absolute Gasteiger partial charge is 0.310 e. The lowest BCUT2D eigenvalue weighted by atomic mass is 10.0. The molecule has 0 unspecified atom stereocenters. The quantitative estimate of drug-likeness (QED) is 0.0887. The summed E-state index contributed by atoms with van der Waals surface area (Å²) in [5, 5.41) is 0. The van der Waals surface area contributed by atoms with Gasteiger partial charge in [-0.05, 0) is 50.6 Å². The summed E-state index contributed by atoms with van der Waals surface area (Å²) in [5.41, 5.74) is 4.30. The molecule has 0 aliphatic rings. The molecule has 8 heteroatoms. The minimum Gasteiger partial charge on any atom is -1.00 e. The lowest BCUT2D eigenvalue weighted by Crippen LogP contribution is -3.00. The second-order valence-electron chi connectivity index (χ2n) is 7.39. The first-order chi connectivity index (χ1) is 15.3. The minimum atomic E-state index is -0.347. The van der Waals surface area contributed by atoms with Crippen molar-refractivity contribution in [3.63, 3.8) is 0 Å². The van der Waals surface area contributed by atoms with Gasteiger partial charge in [0.25, 0.3) is 0 Å². The predicted molar refractivity (Wildman–Crippen MR) is 134 cm³/mol. The van der Waals surface area contributed by atoms with Gasteiger partial charge >= 0.3 is 5.97 Å². The lowest BCUT2D eigenvalue weighted by Gasteiger charge is -2.06. The van der Waals surface area contributed by atoms with Crippen LogP contribution in [0.1, 0.15) is 40.2 Å². The third kappa shape index (κ3) is 7.24. The SMILES string of the molecule is C=C(C)CSc1sc(C(=O)c2ccc(Br)cc2)c(CC(=O)OCC)c1-[n+]1ccc(C)cc1.[I-]. The Hall–Kier alpha value is -1.49. The molecule has 0 atom stereocenters. The molecule has 0 spiro atoms. The van der Waals surface area contributed by atoms with E-state index < -0.39 is 0 Å². The number of nitrogens with zero attached hydrogens (tertiary/aromatic N) is 1. The Kier molecular flexibility index (Phi) is 10.8. The Morgan fingerprint density at radius 3 is 2.36 bits per heavy atom. The first-order valence-corrected chi connectivity index (χ1v) is 12.8. The summed E-state index contributed by atoms with van der Waals surface area (Å²) in [6.45, 7) is 10.1. The summed E-state index contributed by atoms with van der Waals surface area (Å²) >= 11 is 6.47. The van der Waals surface area contributed by atoms with E-state index in [0.717, 1.165) is 31.3 Å². The third-order valence-electron chi connectivity index (χ3n) is 4.59. The molecular weight excluding hydrogens is 633 g/mol. The zero-order chi connectivity index (χ0) is 23.3. The van der Waals surface area contributed by atoms with Crippen LogP contribution in [0.4, 0.5) is 0 Å². The van der Waals surface area contributed by atoms with E-state index in [1.54, 1.807) is 30.8 Å². The van der Waals surface area contributed by atoms with Gasteiger partial charge in [0.2, 0.25) is 11.5 Å². The lowest BCUT2D eigenvalue weighted by molar-refractivity contribution is -0.598. The standard InChI is InChI=1S/C25H25BrNO3S2.HI/c1-5-30-21(28)14-20-22(27-12-10-17(4)11-13-27)25(31-15-16(2)3)32-24(20)23(29)18-6-8-19(26)9-7-18;/h6-13H,2,5,14-15H2,1,3-4H3;1H/q+1;/p-1. The Morgan fingerprint density at radius 2 is 1.79 bits per heavy atom. The number of carbonyl (C=O) groups is 2. The van der Waals surface area contributed by atoms with Crippen molar-refractivity contribution in [2.24, 2.45) is 0 Å². The average molecular weight is 658 g/mol. The summed E-state index contributed by atoms with van der Waals surface area (Å²) in [5.74, 6) is 0.281. The Labute approximate surface area is 228 Å². The molecule has 33 heavy (non-hydrogen) atoms. The molecule has 2 aromatic heterocycles. The fourth-order valence-electron chi connectivity index (χ4n) is 3.07. The summed E-state index contributed by atoms with van der Waals surface area (Å²) < 4.78 is 9.10. The third-order valence-corrected chi connectivity index (χ3v) is 7.83. The number of carbonyl (C=O) groups excluding carboxylic acids is 2. The largest absolute Gasteiger partial charge is 1.00 e. The summed E-state index contributed by atoms with van der Waals surface area (Å²) in [7, 11) is 0. The van der Waals surface area contributed by atoms with Gasteiger partial charge in [0.1, 0.15) is 4.21 Å². The van der Waals surface area contributed by atoms with E-state index >= 15 is 0 Å². The molecular formula is C25H25BrINO3S2. The van der Waals surface area contributed by atoms with Gasteiger partial charge in [0.15, 0.2) is 12.4 Å². The van der Waals surface area contributed by atoms with Gasteiger partial charge in [-0.3, -0.25) is 9.59 Å². The molecule has 0 aliphatic carbocycles. The van der Waals surface area contributed by atoms with E-state index in [0.29, 0.717) is 22.6 Å². The van der Waals surface area contributed by atoms with Crippen molar-refractivity contribution >= 4 is 50.8 Å². The Bertz CT molecular complexity index is 1140. The average Bonchev–Trinajstić information content (AvgIpc) is 3.11. The van der Waals surface area contributed by atoms with Crippen LogP contribution in [-0.4, -0.2) is 24.1 Å². The van der Waals surface area contributed by atoms with Gasteiger partial charge in [-0.25, -0.2) is 0 Å². The fraction of sp³-hybridized carbons (Fsp3) is 0.240. The molecule has 0 saturated carbocycles. The number of aromatic nitrogens is 1. The summed E-state index contributed by atoms with van der Waals surface area (Å²) in [6.07, 6.45) is 3.96. The van der Waals surface area contributed by atoms with Crippen molar-refractivity contribution in [1.82, 2.24) is 0 Å². The predicted octanol–water partition coefficient (Wildman–Crippen LogP) is 3.10. The highest BCUT2D eigenvalue weighted by atomic mass is 127. The molecule has 0 aliphatic heterocycles. The van der Waals surface area contributed by atoms with E-state index in [4.69, 9.17) is 4.74 Å². The Morgan fingerprint density at radius 1 is 1.15 bits per heavy atom. The number of benzene rings is 1. The van der Waals surface area contributed by atoms with Crippen LogP contribution in [0.15, 0.2) is 69.6 Å². The highest BCUT2D eigenvalue weighted by molar-refractivity contribution is 9.10. The van der Waals surface area contributed by atoms with Crippen LogP contribution in [0.25, 0.3) is 5.69 Å². The number of esters is 1. The normalized spacial score (nSPS) is 10.4. The maximum Gasteiger partial charge on any atom is 0.310 e. The summed E-state index contributed by atoms with van der Waals surface area (Å²) in [4.78, 5) is 26.6. The molecule has 1 aromatic carbocycles. The first-order valence-electron chi connectivity index (χ1n) is 10.2. The molecule has 0 saturated heterocycles. The summed E-state index contributed by atoms with van der Waals surface area (Å²) in [6, 6.07) is 11.3. The Balaban J connectivity index is 0.00000385. The molecule has 174 valence electrons. The highest BCUT2D eigenvalue weighted by Gasteiger charge is 2.31. The molecule has 4 nitrogen and oxygen atoms in total. The number of aryl methyl sites for hydroxylation is 1. The molecule has 0 fully saturated rings. The van der Waals surface area contributed by atoms with Crippen molar-refractivity contribution in [2.75, 3.05) is 12.4 Å². The molecule has 3 rings (SSSR count). The fourth-order valence-corrected chi connectivity index (χ4v) is 5.75. The van der Waals surface area contributed by atoms with E-state index in [-0.39, 0.29) is 42.2 Å². The molecule has 0 bridgehead atoms. The van der Waals surface area contributed by atoms with Crippen molar-refractivity contribution in [3.05, 3.63) is 87.0 Å². The molecule has 0 radical (unpaired) electrons. The van der Waals surface area contributed by atoms with E-state index in [9.17, 15) is 9.59 Å². The number of hydrogen-bond acceptors (Lipinski definition) is 5. The van der Waals surface area contributed by atoms with Crippen LogP contribution in [0.2, 0.25) is 0 Å². The van der Waals surface area contributed by atoms with Crippen LogP contribution in [0, 0.1) is 6.92 Å². The zero-order valence-corrected chi connectivity index (χ0v) is 24.1. The first kappa shape index (κ1) is 27.8. The minimum absolute atomic E-state index is 0. The topological polar surface area (TPSA) is 47.3 Å². The monoisotopic (exact) mass is 657 g/mol. The number of rotatable bonds is 9. The van der Waals surface area contributed by atoms with E-state index in [1.165, 1.54) is 11.3 Å². The highest BCUT2D eigenvalue weighted by Crippen LogP contribution is 2.39. The number of hydrogen-bond donors (Lipinski definition) is 0. The zero-order valence-electron chi connectivity index (χ0n) is 18.7. The van der Waals surface area contributed by atoms with Crippen LogP contribution in [0.3, 0.4) is 0 Å². The van der Waals surface area contributed by atoms with Gasteiger partial charge in [-0.15, -0.1) is 23.1 Å². The second kappa shape index (κ2) is 12.8.